The van der Waals surface area contributed by atoms with Crippen molar-refractivity contribution in [2.75, 3.05) is 19.6 Å². The van der Waals surface area contributed by atoms with E-state index in [1.165, 1.54) is 5.57 Å². The summed E-state index contributed by atoms with van der Waals surface area (Å²) in [7, 11) is 0. The van der Waals surface area contributed by atoms with Crippen LogP contribution in [0.1, 0.15) is 19.3 Å². The molecule has 1 atom stereocenters. The van der Waals surface area contributed by atoms with Crippen LogP contribution in [0.4, 0.5) is 0 Å². The van der Waals surface area contributed by atoms with Crippen LogP contribution in [0.25, 0.3) is 0 Å². The maximum absolute atomic E-state index is 5.89. The number of hydrogen-bond donors (Lipinski definition) is 2. The van der Waals surface area contributed by atoms with Crippen LogP contribution in [0.5, 0.6) is 0 Å². The molecule has 1 aliphatic carbocycles. The van der Waals surface area contributed by atoms with Crippen molar-refractivity contribution in [1.82, 2.24) is 4.90 Å². The molecular formula is C17H25N3. The Labute approximate surface area is 122 Å². The first-order valence-corrected chi connectivity index (χ1v) is 7.32. The highest BCUT2D eigenvalue weighted by Crippen LogP contribution is 2.22. The summed E-state index contributed by atoms with van der Waals surface area (Å²) in [5.74, 6) is 0.508. The van der Waals surface area contributed by atoms with Gasteiger partial charge >= 0.3 is 0 Å². The standard InChI is InChI=1S/C17H25N3/c1-2-3-4-5-14-8-10-20(11-9-14)13-15-6-7-16(18)17(19)12-15/h2-5,7,12,15H,1,6,8-11,13,18-19H2/b4-3-. The monoisotopic (exact) mass is 271 g/mol. The van der Waals surface area contributed by atoms with Crippen LogP contribution in [0.3, 0.4) is 0 Å². The second kappa shape index (κ2) is 7.15. The van der Waals surface area contributed by atoms with E-state index in [-0.39, 0.29) is 0 Å². The Morgan fingerprint density at radius 3 is 2.60 bits per heavy atom. The minimum absolute atomic E-state index is 0.508. The summed E-state index contributed by atoms with van der Waals surface area (Å²) < 4.78 is 0. The number of nitrogens with zero attached hydrogens (tertiary/aromatic N) is 1. The molecule has 1 fully saturated rings. The molecule has 3 nitrogen and oxygen atoms in total. The van der Waals surface area contributed by atoms with Gasteiger partial charge in [-0.05, 0) is 25.2 Å². The summed E-state index contributed by atoms with van der Waals surface area (Å²) in [5, 5.41) is 0. The maximum atomic E-state index is 5.89. The third kappa shape index (κ3) is 4.14. The SMILES string of the molecule is C=C/C=C\C=C1CCN(CC2C=C(N)C(N)=CC2)CC1. The van der Waals surface area contributed by atoms with Gasteiger partial charge in [0, 0.05) is 19.6 Å². The first kappa shape index (κ1) is 14.7. The van der Waals surface area contributed by atoms with Gasteiger partial charge < -0.3 is 16.4 Å². The van der Waals surface area contributed by atoms with E-state index < -0.39 is 0 Å². The summed E-state index contributed by atoms with van der Waals surface area (Å²) in [6.07, 6.45) is 15.6. The summed E-state index contributed by atoms with van der Waals surface area (Å²) in [6, 6.07) is 0. The molecule has 0 bridgehead atoms. The number of likely N-dealkylation sites (tertiary alicyclic amines) is 1. The quantitative estimate of drug-likeness (QED) is 0.772. The van der Waals surface area contributed by atoms with Gasteiger partial charge in [0.2, 0.25) is 0 Å². The minimum Gasteiger partial charge on any atom is -0.397 e. The van der Waals surface area contributed by atoms with Gasteiger partial charge in [0.15, 0.2) is 0 Å². The molecule has 1 saturated heterocycles. The molecule has 0 saturated carbocycles. The van der Waals surface area contributed by atoms with Crippen molar-refractivity contribution in [3.8, 4) is 0 Å². The highest BCUT2D eigenvalue weighted by molar-refractivity contribution is 5.29. The van der Waals surface area contributed by atoms with Crippen molar-refractivity contribution in [1.29, 1.82) is 0 Å². The van der Waals surface area contributed by atoms with E-state index in [1.54, 1.807) is 0 Å². The van der Waals surface area contributed by atoms with Crippen LogP contribution < -0.4 is 11.5 Å². The summed E-state index contributed by atoms with van der Waals surface area (Å²) in [4.78, 5) is 2.53. The molecule has 3 heteroatoms. The van der Waals surface area contributed by atoms with E-state index in [0.717, 1.165) is 50.3 Å². The highest BCUT2D eigenvalue weighted by atomic mass is 15.1. The van der Waals surface area contributed by atoms with Crippen LogP contribution in [-0.4, -0.2) is 24.5 Å². The molecule has 2 aliphatic rings. The zero-order valence-electron chi connectivity index (χ0n) is 12.1. The lowest BCUT2D eigenvalue weighted by atomic mass is 9.95. The second-order valence-corrected chi connectivity index (χ2v) is 5.52. The van der Waals surface area contributed by atoms with Gasteiger partial charge in [-0.2, -0.15) is 0 Å². The summed E-state index contributed by atoms with van der Waals surface area (Å²) in [6.45, 7) is 7.03. The topological polar surface area (TPSA) is 55.3 Å². The van der Waals surface area contributed by atoms with Crippen molar-refractivity contribution in [2.45, 2.75) is 19.3 Å². The first-order chi connectivity index (χ1) is 9.69. The first-order valence-electron chi connectivity index (χ1n) is 7.32. The Morgan fingerprint density at radius 2 is 1.95 bits per heavy atom. The van der Waals surface area contributed by atoms with Crippen molar-refractivity contribution in [3.05, 3.63) is 60.0 Å². The molecule has 4 N–H and O–H groups in total. The third-order valence-electron chi connectivity index (χ3n) is 3.96. The Morgan fingerprint density at radius 1 is 1.20 bits per heavy atom. The van der Waals surface area contributed by atoms with Crippen LogP contribution in [-0.2, 0) is 0 Å². The Hall–Kier alpha value is -1.74. The lowest BCUT2D eigenvalue weighted by Crippen LogP contribution is -2.35. The molecule has 1 unspecified atom stereocenters. The predicted octanol–water partition coefficient (Wildman–Crippen LogP) is 2.46. The number of allylic oxidation sites excluding steroid dienone is 5. The molecule has 0 aromatic carbocycles. The lowest BCUT2D eigenvalue weighted by Gasteiger charge is -2.31. The number of nitrogens with two attached hydrogens (primary N) is 2. The number of rotatable bonds is 4. The van der Waals surface area contributed by atoms with Crippen LogP contribution in [0, 0.1) is 5.92 Å². The lowest BCUT2D eigenvalue weighted by molar-refractivity contribution is 0.232. The zero-order chi connectivity index (χ0) is 14.4. The van der Waals surface area contributed by atoms with Crippen LogP contribution >= 0.6 is 0 Å². The second-order valence-electron chi connectivity index (χ2n) is 5.52. The van der Waals surface area contributed by atoms with E-state index >= 15 is 0 Å². The van der Waals surface area contributed by atoms with Gasteiger partial charge in [-0.25, -0.2) is 0 Å². The van der Waals surface area contributed by atoms with Gasteiger partial charge in [0.05, 0.1) is 11.4 Å². The molecule has 108 valence electrons. The van der Waals surface area contributed by atoms with E-state index in [9.17, 15) is 0 Å². The molecule has 0 spiro atoms. The Kier molecular flexibility index (Phi) is 5.24. The molecular weight excluding hydrogens is 246 g/mol. The van der Waals surface area contributed by atoms with Crippen molar-refractivity contribution in [2.24, 2.45) is 17.4 Å². The molecule has 2 rings (SSSR count). The fourth-order valence-corrected chi connectivity index (χ4v) is 2.73. The van der Waals surface area contributed by atoms with Crippen molar-refractivity contribution in [3.63, 3.8) is 0 Å². The molecule has 0 amide bonds. The normalized spacial score (nSPS) is 24.4. The largest absolute Gasteiger partial charge is 0.397 e. The van der Waals surface area contributed by atoms with E-state index in [1.807, 2.05) is 12.2 Å². The molecule has 1 aliphatic heterocycles. The molecule has 0 aromatic rings. The van der Waals surface area contributed by atoms with Crippen LogP contribution in [0.2, 0.25) is 0 Å². The fraction of sp³-hybridized carbons (Fsp3) is 0.412. The van der Waals surface area contributed by atoms with Gasteiger partial charge in [0.1, 0.15) is 0 Å². The van der Waals surface area contributed by atoms with E-state index in [4.69, 9.17) is 11.5 Å². The average molecular weight is 271 g/mol. The fourth-order valence-electron chi connectivity index (χ4n) is 2.73. The highest BCUT2D eigenvalue weighted by Gasteiger charge is 2.18. The van der Waals surface area contributed by atoms with Crippen LogP contribution in [0.15, 0.2) is 60.0 Å². The summed E-state index contributed by atoms with van der Waals surface area (Å²) >= 11 is 0. The zero-order valence-corrected chi connectivity index (χ0v) is 12.1. The molecule has 20 heavy (non-hydrogen) atoms. The summed E-state index contributed by atoms with van der Waals surface area (Å²) in [5.41, 5.74) is 14.7. The Balaban J connectivity index is 1.79. The van der Waals surface area contributed by atoms with Gasteiger partial charge in [-0.3, -0.25) is 0 Å². The smallest absolute Gasteiger partial charge is 0.0507 e. The van der Waals surface area contributed by atoms with Gasteiger partial charge in [-0.15, -0.1) is 0 Å². The molecule has 1 heterocycles. The number of hydrogen-bond acceptors (Lipinski definition) is 3. The molecule has 0 radical (unpaired) electrons. The molecule has 0 aromatic heterocycles. The van der Waals surface area contributed by atoms with E-state index in [2.05, 4.69) is 35.8 Å². The van der Waals surface area contributed by atoms with Gasteiger partial charge in [-0.1, -0.05) is 48.6 Å². The minimum atomic E-state index is 0.508. The average Bonchev–Trinajstić information content (AvgIpc) is 2.45. The van der Waals surface area contributed by atoms with E-state index in [0.29, 0.717) is 5.92 Å². The Bertz CT molecular complexity index is 459. The maximum Gasteiger partial charge on any atom is 0.0507 e. The van der Waals surface area contributed by atoms with Gasteiger partial charge in [0.25, 0.3) is 0 Å². The predicted molar refractivity (Wildman–Crippen MR) is 85.7 cm³/mol. The van der Waals surface area contributed by atoms with Crippen molar-refractivity contribution < 1.29 is 0 Å². The van der Waals surface area contributed by atoms with Crippen molar-refractivity contribution >= 4 is 0 Å². The third-order valence-corrected chi connectivity index (χ3v) is 3.96. The number of piperidine rings is 1.